The summed E-state index contributed by atoms with van der Waals surface area (Å²) in [5, 5.41) is -0.541. The Morgan fingerprint density at radius 2 is 1.86 bits per heavy atom. The summed E-state index contributed by atoms with van der Waals surface area (Å²) in [4.78, 5) is 23.1. The molecule has 2 aromatic rings. The number of hydrogen-bond donors (Lipinski definition) is 0. The molecular formula is C16H16ClNO3. The standard InChI is InChI=1S/C16H16ClNO3/c1-3-21-13-7-4-11(5-8-13)14-9-6-12(10-15(17)19)16(20)18(14)2/h4-9H,3,10H2,1-2H3. The highest BCUT2D eigenvalue weighted by Gasteiger charge is 2.10. The molecule has 110 valence electrons. The van der Waals surface area contributed by atoms with Gasteiger partial charge in [0, 0.05) is 12.6 Å². The zero-order valence-corrected chi connectivity index (χ0v) is 12.7. The lowest BCUT2D eigenvalue weighted by Crippen LogP contribution is -2.23. The van der Waals surface area contributed by atoms with Gasteiger partial charge >= 0.3 is 0 Å². The van der Waals surface area contributed by atoms with Crippen LogP contribution < -0.4 is 10.3 Å². The van der Waals surface area contributed by atoms with Crippen LogP contribution in [0.4, 0.5) is 0 Å². The van der Waals surface area contributed by atoms with Crippen LogP contribution in [0.2, 0.25) is 0 Å². The van der Waals surface area contributed by atoms with Gasteiger partial charge in [-0.15, -0.1) is 0 Å². The van der Waals surface area contributed by atoms with Gasteiger partial charge in [-0.1, -0.05) is 6.07 Å². The molecule has 0 aliphatic rings. The molecule has 0 amide bonds. The van der Waals surface area contributed by atoms with Gasteiger partial charge in [-0.3, -0.25) is 9.59 Å². The highest BCUT2D eigenvalue weighted by Crippen LogP contribution is 2.21. The Balaban J connectivity index is 2.38. The van der Waals surface area contributed by atoms with Crippen LogP contribution in [0.25, 0.3) is 11.3 Å². The Hall–Kier alpha value is -2.07. The van der Waals surface area contributed by atoms with Crippen LogP contribution in [0.3, 0.4) is 0 Å². The minimum absolute atomic E-state index is 0.0578. The molecule has 0 aliphatic carbocycles. The van der Waals surface area contributed by atoms with E-state index in [1.165, 1.54) is 4.57 Å². The fourth-order valence-electron chi connectivity index (χ4n) is 2.15. The monoisotopic (exact) mass is 305 g/mol. The van der Waals surface area contributed by atoms with E-state index < -0.39 is 5.24 Å². The third-order valence-electron chi connectivity index (χ3n) is 3.17. The second-order valence-corrected chi connectivity index (χ2v) is 5.02. The topological polar surface area (TPSA) is 48.3 Å². The van der Waals surface area contributed by atoms with Crippen LogP contribution in [-0.2, 0) is 18.3 Å². The van der Waals surface area contributed by atoms with Gasteiger partial charge in [-0.25, -0.2) is 0 Å². The Labute approximate surface area is 127 Å². The number of rotatable bonds is 5. The maximum absolute atomic E-state index is 12.2. The van der Waals surface area contributed by atoms with Crippen molar-refractivity contribution in [1.82, 2.24) is 4.57 Å². The molecule has 0 saturated heterocycles. The molecule has 0 N–H and O–H groups in total. The van der Waals surface area contributed by atoms with E-state index in [0.29, 0.717) is 12.2 Å². The predicted molar refractivity (Wildman–Crippen MR) is 82.9 cm³/mol. The summed E-state index contributed by atoms with van der Waals surface area (Å²) in [6.07, 6.45) is -0.0578. The van der Waals surface area contributed by atoms with E-state index in [9.17, 15) is 9.59 Å². The first-order valence-corrected chi connectivity index (χ1v) is 7.01. The molecule has 1 aromatic carbocycles. The minimum atomic E-state index is -0.541. The smallest absolute Gasteiger partial charge is 0.254 e. The first-order chi connectivity index (χ1) is 10.0. The second-order valence-electron chi connectivity index (χ2n) is 4.60. The van der Waals surface area contributed by atoms with Crippen molar-refractivity contribution < 1.29 is 9.53 Å². The Kier molecular flexibility index (Phi) is 4.81. The van der Waals surface area contributed by atoms with E-state index in [4.69, 9.17) is 16.3 Å². The van der Waals surface area contributed by atoms with Gasteiger partial charge in [-0.2, -0.15) is 0 Å². The number of carbonyl (C=O) groups is 1. The third-order valence-corrected chi connectivity index (χ3v) is 3.31. The van der Waals surface area contributed by atoms with Crippen molar-refractivity contribution in [2.45, 2.75) is 13.3 Å². The van der Waals surface area contributed by atoms with E-state index in [2.05, 4.69) is 0 Å². The molecule has 0 bridgehead atoms. The highest BCUT2D eigenvalue weighted by atomic mass is 35.5. The first-order valence-electron chi connectivity index (χ1n) is 6.63. The van der Waals surface area contributed by atoms with Crippen LogP contribution in [0, 0.1) is 0 Å². The van der Waals surface area contributed by atoms with Gasteiger partial charge in [0.05, 0.1) is 18.7 Å². The van der Waals surface area contributed by atoms with Crippen LogP contribution in [0.15, 0.2) is 41.2 Å². The van der Waals surface area contributed by atoms with E-state index in [0.717, 1.165) is 17.0 Å². The maximum atomic E-state index is 12.2. The van der Waals surface area contributed by atoms with Gasteiger partial charge in [0.1, 0.15) is 5.75 Å². The number of carbonyl (C=O) groups excluding carboxylic acids is 1. The predicted octanol–water partition coefficient (Wildman–Crippen LogP) is 2.76. The van der Waals surface area contributed by atoms with Crippen molar-refractivity contribution in [2.24, 2.45) is 7.05 Å². The first kappa shape index (κ1) is 15.3. The zero-order valence-electron chi connectivity index (χ0n) is 11.9. The summed E-state index contributed by atoms with van der Waals surface area (Å²) in [5.74, 6) is 0.788. The van der Waals surface area contributed by atoms with Crippen molar-refractivity contribution in [2.75, 3.05) is 6.61 Å². The van der Waals surface area contributed by atoms with Crippen LogP contribution in [0.5, 0.6) is 5.75 Å². The number of nitrogens with zero attached hydrogens (tertiary/aromatic N) is 1. The molecule has 0 saturated carbocycles. The summed E-state index contributed by atoms with van der Waals surface area (Å²) in [6, 6.07) is 11.0. The fraction of sp³-hybridized carbons (Fsp3) is 0.250. The largest absolute Gasteiger partial charge is 0.494 e. The molecule has 0 fully saturated rings. The SMILES string of the molecule is CCOc1ccc(-c2ccc(CC(=O)Cl)c(=O)n2C)cc1. The Morgan fingerprint density at radius 1 is 1.19 bits per heavy atom. The van der Waals surface area contributed by atoms with E-state index in [1.807, 2.05) is 37.3 Å². The molecular weight excluding hydrogens is 290 g/mol. The van der Waals surface area contributed by atoms with E-state index in [-0.39, 0.29) is 12.0 Å². The number of pyridine rings is 1. The second kappa shape index (κ2) is 6.59. The van der Waals surface area contributed by atoms with Crippen molar-refractivity contribution in [3.63, 3.8) is 0 Å². The molecule has 1 heterocycles. The fourth-order valence-corrected chi connectivity index (χ4v) is 2.29. The summed E-state index contributed by atoms with van der Waals surface area (Å²) >= 11 is 5.34. The normalized spacial score (nSPS) is 10.4. The number of benzene rings is 1. The number of ether oxygens (including phenoxy) is 1. The Morgan fingerprint density at radius 3 is 2.43 bits per heavy atom. The van der Waals surface area contributed by atoms with Crippen molar-refractivity contribution in [3.05, 3.63) is 52.3 Å². The van der Waals surface area contributed by atoms with Crippen LogP contribution in [-0.4, -0.2) is 16.4 Å². The minimum Gasteiger partial charge on any atom is -0.494 e. The van der Waals surface area contributed by atoms with Gasteiger partial charge in [0.2, 0.25) is 5.24 Å². The van der Waals surface area contributed by atoms with Crippen molar-refractivity contribution in [3.8, 4) is 17.0 Å². The molecule has 21 heavy (non-hydrogen) atoms. The average molecular weight is 306 g/mol. The molecule has 4 nitrogen and oxygen atoms in total. The molecule has 0 radical (unpaired) electrons. The summed E-state index contributed by atoms with van der Waals surface area (Å²) in [6.45, 7) is 2.54. The lowest BCUT2D eigenvalue weighted by Gasteiger charge is -2.11. The summed E-state index contributed by atoms with van der Waals surface area (Å²) in [5.41, 5.74) is 1.86. The zero-order chi connectivity index (χ0) is 15.4. The van der Waals surface area contributed by atoms with Crippen molar-refractivity contribution >= 4 is 16.8 Å². The molecule has 0 unspecified atom stereocenters. The highest BCUT2D eigenvalue weighted by molar-refractivity contribution is 6.63. The average Bonchev–Trinajstić information content (AvgIpc) is 2.45. The van der Waals surface area contributed by atoms with Gasteiger partial charge < -0.3 is 9.30 Å². The molecule has 2 rings (SSSR count). The van der Waals surface area contributed by atoms with Crippen molar-refractivity contribution in [1.29, 1.82) is 0 Å². The van der Waals surface area contributed by atoms with Crippen LogP contribution >= 0.6 is 11.6 Å². The lowest BCUT2D eigenvalue weighted by molar-refractivity contribution is -0.111. The summed E-state index contributed by atoms with van der Waals surface area (Å²) in [7, 11) is 1.68. The number of aromatic nitrogens is 1. The Bertz CT molecular complexity index is 704. The van der Waals surface area contributed by atoms with Gasteiger partial charge in [0.15, 0.2) is 0 Å². The maximum Gasteiger partial charge on any atom is 0.254 e. The van der Waals surface area contributed by atoms with Gasteiger partial charge in [0.25, 0.3) is 5.56 Å². The molecule has 0 aliphatic heterocycles. The molecule has 0 atom stereocenters. The number of hydrogen-bond acceptors (Lipinski definition) is 3. The molecule has 1 aromatic heterocycles. The lowest BCUT2D eigenvalue weighted by atomic mass is 10.1. The van der Waals surface area contributed by atoms with E-state index in [1.54, 1.807) is 13.1 Å². The number of halogens is 1. The third kappa shape index (κ3) is 3.52. The molecule has 5 heteroatoms. The van der Waals surface area contributed by atoms with E-state index >= 15 is 0 Å². The quantitative estimate of drug-likeness (QED) is 0.798. The van der Waals surface area contributed by atoms with Crippen LogP contribution in [0.1, 0.15) is 12.5 Å². The van der Waals surface area contributed by atoms with Gasteiger partial charge in [-0.05, 0) is 54.4 Å². The summed E-state index contributed by atoms with van der Waals surface area (Å²) < 4.78 is 6.91. The molecule has 0 spiro atoms.